The highest BCUT2D eigenvalue weighted by Gasteiger charge is 2.12. The average molecular weight is 336 g/mol. The summed E-state index contributed by atoms with van der Waals surface area (Å²) in [6.45, 7) is 0. The van der Waals surface area contributed by atoms with Gasteiger partial charge in [0.25, 0.3) is 0 Å². The number of carbonyl (C=O) groups is 1. The Morgan fingerprint density at radius 1 is 1.35 bits per heavy atom. The Labute approximate surface area is 135 Å². The van der Waals surface area contributed by atoms with Gasteiger partial charge in [-0.25, -0.2) is 4.39 Å². The number of furan rings is 1. The predicted octanol–water partition coefficient (Wildman–Crippen LogP) is 3.69. The maximum atomic E-state index is 13.0. The molecule has 0 aliphatic heterocycles. The number of nitrogens with one attached hydrogen (secondary N) is 1. The highest BCUT2D eigenvalue weighted by molar-refractivity contribution is 6.31. The zero-order chi connectivity index (χ0) is 16.2. The largest absolute Gasteiger partial charge is 0.461 e. The van der Waals surface area contributed by atoms with E-state index in [1.165, 1.54) is 24.5 Å². The molecule has 118 valence electrons. The van der Waals surface area contributed by atoms with Crippen LogP contribution in [0.4, 0.5) is 10.1 Å². The second-order valence-corrected chi connectivity index (χ2v) is 5.07. The van der Waals surface area contributed by atoms with Gasteiger partial charge in [0.2, 0.25) is 17.6 Å². The second kappa shape index (κ2) is 6.62. The summed E-state index contributed by atoms with van der Waals surface area (Å²) in [6.07, 6.45) is 1.91. The van der Waals surface area contributed by atoms with E-state index in [2.05, 4.69) is 15.5 Å². The fourth-order valence-electron chi connectivity index (χ4n) is 1.88. The van der Waals surface area contributed by atoms with Crippen molar-refractivity contribution in [2.75, 3.05) is 5.32 Å². The van der Waals surface area contributed by atoms with Gasteiger partial charge >= 0.3 is 0 Å². The zero-order valence-electron chi connectivity index (χ0n) is 11.8. The van der Waals surface area contributed by atoms with Gasteiger partial charge in [-0.2, -0.15) is 4.98 Å². The summed E-state index contributed by atoms with van der Waals surface area (Å²) in [5.74, 6) is 0.330. The molecule has 2 heterocycles. The number of halogens is 2. The SMILES string of the molecule is O=C(CCc1nc(-c2ccco2)no1)Nc1ccc(F)c(Cl)c1. The van der Waals surface area contributed by atoms with Crippen molar-refractivity contribution in [3.05, 3.63) is 53.3 Å². The van der Waals surface area contributed by atoms with Gasteiger partial charge in [0.05, 0.1) is 11.3 Å². The molecular weight excluding hydrogens is 325 g/mol. The number of nitrogens with zero attached hydrogens (tertiary/aromatic N) is 2. The number of amides is 1. The van der Waals surface area contributed by atoms with Crippen LogP contribution in [-0.4, -0.2) is 16.0 Å². The number of aromatic nitrogens is 2. The lowest BCUT2D eigenvalue weighted by atomic mass is 10.2. The van der Waals surface area contributed by atoms with Crippen molar-refractivity contribution < 1.29 is 18.1 Å². The molecule has 3 aromatic rings. The van der Waals surface area contributed by atoms with E-state index in [1.807, 2.05) is 0 Å². The molecular formula is C15H11ClFN3O3. The van der Waals surface area contributed by atoms with Crippen molar-refractivity contribution in [1.82, 2.24) is 10.1 Å². The van der Waals surface area contributed by atoms with Crippen LogP contribution in [-0.2, 0) is 11.2 Å². The van der Waals surface area contributed by atoms with E-state index in [9.17, 15) is 9.18 Å². The summed E-state index contributed by atoms with van der Waals surface area (Å²) in [4.78, 5) is 16.0. The number of aryl methyl sites for hydroxylation is 1. The zero-order valence-corrected chi connectivity index (χ0v) is 12.5. The molecule has 0 saturated carbocycles. The maximum Gasteiger partial charge on any atom is 0.238 e. The van der Waals surface area contributed by atoms with Gasteiger partial charge in [-0.1, -0.05) is 16.8 Å². The third kappa shape index (κ3) is 3.75. The van der Waals surface area contributed by atoms with E-state index in [1.54, 1.807) is 12.1 Å². The lowest BCUT2D eigenvalue weighted by Gasteiger charge is -2.04. The van der Waals surface area contributed by atoms with E-state index in [0.29, 0.717) is 23.2 Å². The third-order valence-corrected chi connectivity index (χ3v) is 3.27. The molecule has 2 aromatic heterocycles. The molecule has 0 unspecified atom stereocenters. The molecule has 1 aromatic carbocycles. The highest BCUT2D eigenvalue weighted by atomic mass is 35.5. The van der Waals surface area contributed by atoms with E-state index < -0.39 is 5.82 Å². The normalized spacial score (nSPS) is 10.7. The first-order valence-electron chi connectivity index (χ1n) is 6.73. The van der Waals surface area contributed by atoms with Crippen LogP contribution in [0, 0.1) is 5.82 Å². The molecule has 1 N–H and O–H groups in total. The fraction of sp³-hybridized carbons (Fsp3) is 0.133. The van der Waals surface area contributed by atoms with Crippen molar-refractivity contribution in [3.8, 4) is 11.6 Å². The molecule has 23 heavy (non-hydrogen) atoms. The molecule has 0 aliphatic rings. The van der Waals surface area contributed by atoms with Crippen molar-refractivity contribution in [1.29, 1.82) is 0 Å². The van der Waals surface area contributed by atoms with E-state index in [4.69, 9.17) is 20.5 Å². The monoisotopic (exact) mass is 335 g/mol. The molecule has 0 atom stereocenters. The molecule has 0 aliphatic carbocycles. The second-order valence-electron chi connectivity index (χ2n) is 4.67. The minimum atomic E-state index is -0.541. The van der Waals surface area contributed by atoms with Gasteiger partial charge < -0.3 is 14.3 Å². The van der Waals surface area contributed by atoms with Crippen molar-refractivity contribution >= 4 is 23.2 Å². The first-order chi connectivity index (χ1) is 11.1. The molecule has 0 saturated heterocycles. The summed E-state index contributed by atoms with van der Waals surface area (Å²) in [6, 6.07) is 7.38. The smallest absolute Gasteiger partial charge is 0.238 e. The molecule has 0 bridgehead atoms. The Kier molecular flexibility index (Phi) is 4.38. The molecule has 1 amide bonds. The summed E-state index contributed by atoms with van der Waals surface area (Å²) >= 11 is 5.65. The van der Waals surface area contributed by atoms with Crippen LogP contribution in [0.5, 0.6) is 0 Å². The summed E-state index contributed by atoms with van der Waals surface area (Å²) < 4.78 is 23.2. The first kappa shape index (κ1) is 15.2. The minimum absolute atomic E-state index is 0.0530. The van der Waals surface area contributed by atoms with Gasteiger partial charge in [0.1, 0.15) is 5.82 Å². The lowest BCUT2D eigenvalue weighted by Crippen LogP contribution is -2.12. The van der Waals surface area contributed by atoms with E-state index in [-0.39, 0.29) is 23.8 Å². The van der Waals surface area contributed by atoms with Crippen LogP contribution in [0.3, 0.4) is 0 Å². The van der Waals surface area contributed by atoms with Crippen molar-refractivity contribution in [3.63, 3.8) is 0 Å². The molecule has 0 spiro atoms. The topological polar surface area (TPSA) is 81.2 Å². The third-order valence-electron chi connectivity index (χ3n) is 2.98. The Morgan fingerprint density at radius 2 is 2.22 bits per heavy atom. The number of anilines is 1. The Bertz CT molecular complexity index is 817. The Morgan fingerprint density at radius 3 is 2.96 bits per heavy atom. The van der Waals surface area contributed by atoms with E-state index in [0.717, 1.165) is 0 Å². The van der Waals surface area contributed by atoms with Crippen LogP contribution in [0.1, 0.15) is 12.3 Å². The van der Waals surface area contributed by atoms with Crippen LogP contribution < -0.4 is 5.32 Å². The van der Waals surface area contributed by atoms with E-state index >= 15 is 0 Å². The maximum absolute atomic E-state index is 13.0. The van der Waals surface area contributed by atoms with Gasteiger partial charge in [0.15, 0.2) is 5.76 Å². The van der Waals surface area contributed by atoms with Crippen molar-refractivity contribution in [2.24, 2.45) is 0 Å². The minimum Gasteiger partial charge on any atom is -0.461 e. The molecule has 0 fully saturated rings. The van der Waals surface area contributed by atoms with Crippen molar-refractivity contribution in [2.45, 2.75) is 12.8 Å². The number of carbonyl (C=O) groups excluding carboxylic acids is 1. The first-order valence-corrected chi connectivity index (χ1v) is 7.11. The Balaban J connectivity index is 1.55. The lowest BCUT2D eigenvalue weighted by molar-refractivity contribution is -0.116. The average Bonchev–Trinajstić information content (AvgIpc) is 3.19. The van der Waals surface area contributed by atoms with Gasteiger partial charge in [-0.3, -0.25) is 4.79 Å². The summed E-state index contributed by atoms with van der Waals surface area (Å²) in [5, 5.41) is 6.33. The van der Waals surface area contributed by atoms with Crippen LogP contribution in [0.2, 0.25) is 5.02 Å². The molecule has 3 rings (SSSR count). The predicted molar refractivity (Wildman–Crippen MR) is 80.4 cm³/mol. The fourth-order valence-corrected chi connectivity index (χ4v) is 2.06. The number of hydrogen-bond acceptors (Lipinski definition) is 5. The molecule has 0 radical (unpaired) electrons. The molecule has 6 nitrogen and oxygen atoms in total. The van der Waals surface area contributed by atoms with Crippen LogP contribution in [0.25, 0.3) is 11.6 Å². The highest BCUT2D eigenvalue weighted by Crippen LogP contribution is 2.20. The number of hydrogen-bond donors (Lipinski definition) is 1. The quantitative estimate of drug-likeness (QED) is 0.769. The standard InChI is InChI=1S/C15H11ClFN3O3/c16-10-8-9(3-4-11(10)17)18-13(21)5-6-14-19-15(20-23-14)12-2-1-7-22-12/h1-4,7-8H,5-6H2,(H,18,21). The molecule has 8 heteroatoms. The van der Waals surface area contributed by atoms with Gasteiger partial charge in [0, 0.05) is 18.5 Å². The summed E-state index contributed by atoms with van der Waals surface area (Å²) in [5.41, 5.74) is 0.420. The van der Waals surface area contributed by atoms with Gasteiger partial charge in [-0.15, -0.1) is 0 Å². The van der Waals surface area contributed by atoms with Crippen LogP contribution in [0.15, 0.2) is 45.5 Å². The summed E-state index contributed by atoms with van der Waals surface area (Å²) in [7, 11) is 0. The van der Waals surface area contributed by atoms with Crippen LogP contribution >= 0.6 is 11.6 Å². The number of benzene rings is 1. The van der Waals surface area contributed by atoms with Gasteiger partial charge in [-0.05, 0) is 30.3 Å². The Hall–Kier alpha value is -2.67. The number of rotatable bonds is 5.